The first-order valence-corrected chi connectivity index (χ1v) is 64.8. The number of hydrogen-bond acceptors (Lipinski definition) is 0. The Morgan fingerprint density at radius 1 is 0.313 bits per heavy atom. The lowest BCUT2D eigenvalue weighted by Gasteiger charge is -2.57. The number of fused-ring (bicyclic) bond motifs is 12. The predicted molar refractivity (Wildman–Crippen MR) is 587 cm³/mol. The maximum atomic E-state index is 8.59. The van der Waals surface area contributed by atoms with Gasteiger partial charge in [-0.2, -0.15) is 0 Å². The van der Waals surface area contributed by atoms with E-state index in [4.69, 9.17) is 17.8 Å². The standard InChI is InChI=1S/2C16H28.C16H30.C14H28Si.2C14H26.C13H26Si.2C13H24/c1-15(2,3)4-5-16-9-12-6-13(10-16)8-14(7-12)11-16;1-16(2,3)5-4-15-13-7-11-6-12(9-13)10-14(15)8-11;1-14(2,3)9-7-13-11-12-8-10-16(13,6)15(12,4)5;1-14(2,3)15(4,5)13-9-11-7-6-8-12(11)10-13;1-11(13(2,3)4)9-14-7-5-12(10-14)6-8-14;1-14(2,3)8-7-11-9-12-5-4-6-13(12)10-11;1-13(2,3)14(4,5)12-9-10-6-7-11(12)8-10;1-13(2,3)7-6-12-9-10-4-5-11(12)8-10;1-13(2,3)9-8-12-10-4-5-11(12)7-6-10/h12-14H,4-11H2,1-3H3;11-15H,4-10H2,1-3H3;12-13H,7-11H2,1-6H3;11-13H,6-10H2,1-5H3;11-12H,5-10H2,1-4H3;11-13H,4-10H2,1-3H3;10-12H,6-9H2,1-5H3;2*10-12H,4-9H2,1-3H3/i4D2;5D2;9D2;;11D;8D2;;7D2;9D2. The first-order chi connectivity index (χ1) is 65.2. The average Bonchev–Trinajstić information content (AvgIpc) is 1.54. The summed E-state index contributed by atoms with van der Waals surface area (Å²) in [5.41, 5.74) is 2.72. The summed E-state index contributed by atoms with van der Waals surface area (Å²) in [5.74, 6) is 21.3. The maximum Gasteiger partial charge on any atom is 0.0561 e. The zero-order valence-corrected chi connectivity index (χ0v) is 97.0. The third-order valence-corrected chi connectivity index (χ3v) is 57.1. The van der Waals surface area contributed by atoms with Crippen molar-refractivity contribution >= 4 is 16.1 Å². The van der Waals surface area contributed by atoms with Crippen LogP contribution in [-0.2, 0) is 0 Å². The first kappa shape index (κ1) is 92.6. The van der Waals surface area contributed by atoms with E-state index in [1.54, 1.807) is 51.4 Å². The van der Waals surface area contributed by atoms with E-state index in [1.165, 1.54) is 212 Å². The minimum atomic E-state index is -1.05. The second kappa shape index (κ2) is 43.0. The molecule has 18 bridgehead atoms. The fourth-order valence-corrected chi connectivity index (χ4v) is 40.7. The van der Waals surface area contributed by atoms with Gasteiger partial charge in [-0.25, -0.2) is 0 Å². The summed E-state index contributed by atoms with van der Waals surface area (Å²) in [4.78, 5) is 0. The van der Waals surface area contributed by atoms with Crippen molar-refractivity contribution in [2.24, 2.45) is 207 Å². The topological polar surface area (TPSA) is 0 Å². The largest absolute Gasteiger partial charge is 0.0688 e. The van der Waals surface area contributed by atoms with Gasteiger partial charge in [-0.05, 0) is 517 Å². The maximum absolute atomic E-state index is 8.59. The first-order valence-electron chi connectivity index (χ1n) is 65.2. The second-order valence-corrected chi connectivity index (χ2v) is 75.3. The van der Waals surface area contributed by atoms with E-state index in [-0.39, 0.29) is 43.8 Å². The SMILES string of the molecule is CC(C)(C)[Si](C)(C)C1CC2CCC1C2.CC(C)(C)[Si](C)(C)C1CC2CCCC2C1.[2H]C(C)(CC12CCC(CC1)C2)C(C)(C)C.[2H]C([2H])(CC12CC3CC(CC(C3)C1)C2)C(C)(C)C.[2H]C([2H])(CC1C2CC3CC(C2)CC1C3)C(C)(C)C.[2H]C([2H])(CC1C2CCC1CC2)C(C)(C)C.[2H]C([2H])(CC1CC2CCC1(C)C2(C)C)C(C)(C)C.[2H]C([2H])(CC1CC2CCC1C2)C(C)(C)C.[2H]C([2H])(CC1CC2CCCC2C1)C(C)(C)C. The van der Waals surface area contributed by atoms with E-state index in [0.29, 0.717) is 61.3 Å². The summed E-state index contributed by atoms with van der Waals surface area (Å²) in [7, 11) is -2.06. The third kappa shape index (κ3) is 29.6. The number of hydrogen-bond donors (Lipinski definition) is 0. The highest BCUT2D eigenvalue weighted by atomic mass is 28.3. The van der Waals surface area contributed by atoms with Crippen LogP contribution in [0.15, 0.2) is 0 Å². The van der Waals surface area contributed by atoms with Crippen molar-refractivity contribution in [3.8, 4) is 0 Å². The Balaban J connectivity index is 0.000000145. The molecular weight excluding hydrogens is 1610 g/mol. The van der Waals surface area contributed by atoms with E-state index in [9.17, 15) is 0 Å². The molecule has 0 aromatic carbocycles. The Morgan fingerprint density at radius 3 is 1.06 bits per heavy atom. The summed E-state index contributed by atoms with van der Waals surface area (Å²) in [5, 5.41) is 1.19. The summed E-state index contributed by atoms with van der Waals surface area (Å²) >= 11 is 0. The molecule has 22 saturated carbocycles. The average molecular weight is 1860 g/mol. The minimum absolute atomic E-state index is 0.114. The van der Waals surface area contributed by atoms with Gasteiger partial charge < -0.3 is 0 Å². The Morgan fingerprint density at radius 2 is 0.695 bits per heavy atom. The van der Waals surface area contributed by atoms with Crippen LogP contribution < -0.4 is 0 Å². The molecule has 22 aliphatic rings. The van der Waals surface area contributed by atoms with E-state index in [1.807, 2.05) is 83.1 Å². The van der Waals surface area contributed by atoms with Crippen LogP contribution in [0.3, 0.4) is 0 Å². The molecule has 0 spiro atoms. The van der Waals surface area contributed by atoms with Gasteiger partial charge in [-0.15, -0.1) is 0 Å². The van der Waals surface area contributed by atoms with E-state index < -0.39 is 54.4 Å². The molecule has 0 aromatic rings. The zero-order chi connectivity index (χ0) is 108. The van der Waals surface area contributed by atoms with Gasteiger partial charge in [0.15, 0.2) is 0 Å². The third-order valence-electron chi connectivity index (χ3n) is 44.3. The Bertz CT molecular complexity index is 3960. The van der Waals surface area contributed by atoms with Gasteiger partial charge in [0.05, 0.1) is 16.1 Å². The lowest BCUT2D eigenvalue weighted by atomic mass is 9.48. The van der Waals surface area contributed by atoms with Gasteiger partial charge >= 0.3 is 0 Å². The lowest BCUT2D eigenvalue weighted by Crippen LogP contribution is -2.46. The molecule has 22 aliphatic carbocycles. The molecule has 14 unspecified atom stereocenters. The van der Waals surface area contributed by atoms with Crippen molar-refractivity contribution in [2.45, 2.75) is 608 Å². The van der Waals surface area contributed by atoms with Crippen molar-refractivity contribution in [1.29, 1.82) is 0 Å². The molecule has 22 rings (SSSR count). The van der Waals surface area contributed by atoms with Gasteiger partial charge in [0.2, 0.25) is 0 Å². The minimum Gasteiger partial charge on any atom is -0.0688 e. The zero-order valence-electron chi connectivity index (χ0n) is 108. The molecule has 0 nitrogen and oxygen atoms in total. The second-order valence-electron chi connectivity index (χ2n) is 63.8. The van der Waals surface area contributed by atoms with Gasteiger partial charge in [0, 0.05) is 17.8 Å². The van der Waals surface area contributed by atoms with Gasteiger partial charge in [-0.3, -0.25) is 0 Å². The predicted octanol–water partition coefficient (Wildman–Crippen LogP) is 42.7. The molecule has 2 heteroatoms. The fraction of sp³-hybridized carbons (Fsp3) is 1.00. The Labute approximate surface area is 844 Å². The van der Waals surface area contributed by atoms with Crippen LogP contribution in [0, 0.1) is 207 Å². The molecule has 0 radical (unpaired) electrons. The summed E-state index contributed by atoms with van der Waals surface area (Å²) in [6.07, 6.45) is 58.2. The molecule has 22 fully saturated rings. The Kier molecular flexibility index (Phi) is 30.4. The molecular formula is C129H240Si2. The van der Waals surface area contributed by atoms with Crippen LogP contribution in [0.2, 0.25) is 47.3 Å². The molecule has 0 heterocycles. The molecule has 0 amide bonds. The monoisotopic (exact) mass is 1860 g/mol. The van der Waals surface area contributed by atoms with Crippen molar-refractivity contribution in [2.75, 3.05) is 0 Å². The van der Waals surface area contributed by atoms with Gasteiger partial charge in [0.25, 0.3) is 0 Å². The molecule has 14 atom stereocenters. The highest BCUT2D eigenvalue weighted by Crippen LogP contribution is 2.71. The number of rotatable bonds is 16. The molecule has 0 N–H and O–H groups in total. The highest BCUT2D eigenvalue weighted by molar-refractivity contribution is 6.82. The van der Waals surface area contributed by atoms with Gasteiger partial charge in [-0.1, -0.05) is 299 Å². The highest BCUT2D eigenvalue weighted by Gasteiger charge is 2.62. The van der Waals surface area contributed by atoms with Crippen LogP contribution in [0.1, 0.15) is 579 Å². The summed E-state index contributed by atoms with van der Waals surface area (Å²) in [6, 6.07) is 0. The molecule has 764 valence electrons. The van der Waals surface area contributed by atoms with Crippen molar-refractivity contribution in [1.82, 2.24) is 0 Å². The molecule has 131 heavy (non-hydrogen) atoms. The molecule has 0 aliphatic heterocycles. The van der Waals surface area contributed by atoms with Crippen LogP contribution in [0.5, 0.6) is 0 Å². The van der Waals surface area contributed by atoms with Crippen molar-refractivity contribution in [3.63, 3.8) is 0 Å². The smallest absolute Gasteiger partial charge is 0.0561 e. The normalized spacial score (nSPS) is 42.9. The molecule has 0 saturated heterocycles. The molecule has 0 aromatic heterocycles. The Hall–Kier alpha value is 0.434. The van der Waals surface area contributed by atoms with E-state index in [0.717, 1.165) is 168 Å². The quantitative estimate of drug-likeness (QED) is 0.135. The summed E-state index contributed by atoms with van der Waals surface area (Å²) in [6.45, 7) is 78.2. The fourth-order valence-electron chi connectivity index (χ4n) is 34.2. The van der Waals surface area contributed by atoms with Crippen LogP contribution in [-0.4, -0.2) is 16.1 Å². The van der Waals surface area contributed by atoms with Crippen molar-refractivity contribution < 1.29 is 17.8 Å². The van der Waals surface area contributed by atoms with Crippen molar-refractivity contribution in [3.05, 3.63) is 0 Å². The lowest BCUT2D eigenvalue weighted by molar-refractivity contribution is -0.0617. The van der Waals surface area contributed by atoms with Crippen LogP contribution in [0.4, 0.5) is 0 Å². The van der Waals surface area contributed by atoms with Crippen LogP contribution in [0.25, 0.3) is 0 Å². The summed E-state index contributed by atoms with van der Waals surface area (Å²) < 4.78 is 108. The van der Waals surface area contributed by atoms with E-state index in [2.05, 4.69) is 158 Å². The van der Waals surface area contributed by atoms with Gasteiger partial charge in [0.1, 0.15) is 0 Å². The van der Waals surface area contributed by atoms with Crippen LogP contribution >= 0.6 is 0 Å². The van der Waals surface area contributed by atoms with E-state index >= 15 is 0 Å².